The van der Waals surface area contributed by atoms with E-state index in [4.69, 9.17) is 28.3 Å². The number of hydrogen-bond acceptors (Lipinski definition) is 4. The summed E-state index contributed by atoms with van der Waals surface area (Å²) in [4.78, 5) is 0.381. The van der Waals surface area contributed by atoms with Gasteiger partial charge in [-0.05, 0) is 23.6 Å². The van der Waals surface area contributed by atoms with Crippen LogP contribution in [-0.4, -0.2) is 13.5 Å². The van der Waals surface area contributed by atoms with Crippen LogP contribution in [0.3, 0.4) is 0 Å². The molecule has 2 rings (SSSR count). The van der Waals surface area contributed by atoms with Crippen LogP contribution >= 0.6 is 34.5 Å². The highest BCUT2D eigenvalue weighted by Gasteiger charge is 2.21. The first-order chi connectivity index (χ1) is 8.95. The lowest BCUT2D eigenvalue weighted by Gasteiger charge is -2.11. The zero-order valence-electron chi connectivity index (χ0n) is 9.43. The number of para-hydroxylation sites is 1. The zero-order chi connectivity index (χ0) is 14.0. The summed E-state index contributed by atoms with van der Waals surface area (Å²) in [7, 11) is -3.83. The fourth-order valence-electron chi connectivity index (χ4n) is 1.47. The van der Waals surface area contributed by atoms with E-state index in [2.05, 4.69) is 4.72 Å². The molecule has 4 nitrogen and oxygen atoms in total. The van der Waals surface area contributed by atoms with Crippen LogP contribution in [0, 0.1) is 0 Å². The molecule has 8 heteroatoms. The van der Waals surface area contributed by atoms with E-state index in [9.17, 15) is 8.42 Å². The number of aliphatic hydroxyl groups excluding tert-OH is 1. The molecule has 0 saturated carbocycles. The molecule has 0 aliphatic heterocycles. The number of nitrogens with one attached hydrogen (secondary N) is 1. The molecule has 102 valence electrons. The summed E-state index contributed by atoms with van der Waals surface area (Å²) in [6, 6.07) is 6.10. The fourth-order valence-corrected chi connectivity index (χ4v) is 4.47. The Morgan fingerprint density at radius 3 is 2.42 bits per heavy atom. The predicted octanol–water partition coefficient (Wildman–Crippen LogP) is 3.35. The molecule has 1 aromatic heterocycles. The molecular weight excluding hydrogens is 329 g/mol. The van der Waals surface area contributed by atoms with Gasteiger partial charge in [-0.2, -0.15) is 0 Å². The minimum Gasteiger partial charge on any atom is -0.391 e. The third-order valence-corrected chi connectivity index (χ3v) is 5.44. The maximum Gasteiger partial charge on any atom is 0.263 e. The summed E-state index contributed by atoms with van der Waals surface area (Å²) < 4.78 is 26.8. The topological polar surface area (TPSA) is 66.4 Å². The second kappa shape index (κ2) is 5.68. The first kappa shape index (κ1) is 14.6. The van der Waals surface area contributed by atoms with Gasteiger partial charge in [-0.15, -0.1) is 11.3 Å². The molecule has 0 aliphatic carbocycles. The van der Waals surface area contributed by atoms with Crippen molar-refractivity contribution in [2.75, 3.05) is 4.72 Å². The highest BCUT2D eigenvalue weighted by atomic mass is 35.5. The Bertz CT molecular complexity index is 677. The Kier molecular flexibility index (Phi) is 4.37. The van der Waals surface area contributed by atoms with Crippen LogP contribution in [0.1, 0.15) is 4.88 Å². The van der Waals surface area contributed by atoms with Gasteiger partial charge in [-0.25, -0.2) is 8.42 Å². The number of rotatable bonds is 4. The zero-order valence-corrected chi connectivity index (χ0v) is 12.6. The summed E-state index contributed by atoms with van der Waals surface area (Å²) >= 11 is 13.0. The monoisotopic (exact) mass is 337 g/mol. The van der Waals surface area contributed by atoms with Crippen LogP contribution < -0.4 is 4.72 Å². The molecule has 0 aliphatic rings. The number of thiophene rings is 1. The minimum atomic E-state index is -3.83. The Hall–Kier alpha value is -0.790. The van der Waals surface area contributed by atoms with Gasteiger partial charge in [-0.1, -0.05) is 29.3 Å². The largest absolute Gasteiger partial charge is 0.391 e. The third-order valence-electron chi connectivity index (χ3n) is 2.34. The van der Waals surface area contributed by atoms with Crippen LogP contribution in [0.4, 0.5) is 5.69 Å². The van der Waals surface area contributed by atoms with E-state index < -0.39 is 10.0 Å². The average molecular weight is 338 g/mol. The molecule has 0 atom stereocenters. The smallest absolute Gasteiger partial charge is 0.263 e. The molecule has 2 N–H and O–H groups in total. The summed E-state index contributed by atoms with van der Waals surface area (Å²) in [5.41, 5.74) is 0.126. The van der Waals surface area contributed by atoms with Crippen molar-refractivity contribution in [2.45, 2.75) is 11.5 Å². The van der Waals surface area contributed by atoms with Gasteiger partial charge in [0.15, 0.2) is 0 Å². The van der Waals surface area contributed by atoms with E-state index in [0.717, 1.165) is 11.3 Å². The van der Waals surface area contributed by atoms with E-state index in [0.29, 0.717) is 4.88 Å². The van der Waals surface area contributed by atoms with E-state index in [1.54, 1.807) is 11.4 Å². The summed E-state index contributed by atoms with van der Waals surface area (Å²) in [6.45, 7) is -0.343. The number of halogens is 2. The molecule has 1 aromatic carbocycles. The van der Waals surface area contributed by atoms with Crippen molar-refractivity contribution in [2.24, 2.45) is 0 Å². The van der Waals surface area contributed by atoms with Crippen LogP contribution in [0.2, 0.25) is 10.0 Å². The molecule has 0 radical (unpaired) electrons. The number of benzene rings is 1. The van der Waals surface area contributed by atoms with Crippen LogP contribution in [-0.2, 0) is 16.6 Å². The van der Waals surface area contributed by atoms with Crippen LogP contribution in [0.25, 0.3) is 0 Å². The minimum absolute atomic E-state index is 0.0241. The van der Waals surface area contributed by atoms with Crippen molar-refractivity contribution in [1.29, 1.82) is 0 Å². The number of aliphatic hydroxyl groups is 1. The van der Waals surface area contributed by atoms with E-state index in [1.165, 1.54) is 18.2 Å². The average Bonchev–Trinajstić information content (AvgIpc) is 2.83. The Morgan fingerprint density at radius 1 is 1.21 bits per heavy atom. The van der Waals surface area contributed by atoms with E-state index >= 15 is 0 Å². The van der Waals surface area contributed by atoms with Crippen molar-refractivity contribution in [3.63, 3.8) is 0 Å². The predicted molar refractivity (Wildman–Crippen MR) is 77.5 cm³/mol. The summed E-state index contributed by atoms with van der Waals surface area (Å²) in [6.07, 6.45) is 0. The lowest BCUT2D eigenvalue weighted by molar-refractivity contribution is 0.282. The van der Waals surface area contributed by atoms with Gasteiger partial charge in [0.2, 0.25) is 0 Å². The second-order valence-electron chi connectivity index (χ2n) is 3.57. The quantitative estimate of drug-likeness (QED) is 0.898. The van der Waals surface area contributed by atoms with Crippen LogP contribution in [0.5, 0.6) is 0 Å². The number of sulfonamides is 1. The number of anilines is 1. The molecule has 0 spiro atoms. The van der Waals surface area contributed by atoms with E-state index in [-0.39, 0.29) is 27.2 Å². The lowest BCUT2D eigenvalue weighted by atomic mass is 10.3. The molecule has 0 bridgehead atoms. The van der Waals surface area contributed by atoms with Crippen molar-refractivity contribution in [1.82, 2.24) is 0 Å². The van der Waals surface area contributed by atoms with Gasteiger partial charge < -0.3 is 5.11 Å². The van der Waals surface area contributed by atoms with Gasteiger partial charge in [0, 0.05) is 0 Å². The molecular formula is C11H9Cl2NO3S2. The van der Waals surface area contributed by atoms with Crippen molar-refractivity contribution in [3.05, 3.63) is 44.6 Å². The summed E-state index contributed by atoms with van der Waals surface area (Å²) in [5, 5.41) is 11.1. The molecule has 2 aromatic rings. The van der Waals surface area contributed by atoms with Crippen molar-refractivity contribution >= 4 is 50.2 Å². The maximum atomic E-state index is 12.2. The number of hydrogen-bond donors (Lipinski definition) is 2. The third kappa shape index (κ3) is 3.04. The molecule has 0 amide bonds. The Morgan fingerprint density at radius 2 is 1.84 bits per heavy atom. The highest BCUT2D eigenvalue weighted by Crippen LogP contribution is 2.33. The molecule has 0 unspecified atom stereocenters. The lowest BCUT2D eigenvalue weighted by Crippen LogP contribution is -2.14. The van der Waals surface area contributed by atoms with Crippen molar-refractivity contribution < 1.29 is 13.5 Å². The van der Waals surface area contributed by atoms with Gasteiger partial charge in [0.05, 0.1) is 27.2 Å². The second-order valence-corrected chi connectivity index (χ2v) is 7.03. The Labute approximate surface area is 124 Å². The molecule has 19 heavy (non-hydrogen) atoms. The summed E-state index contributed by atoms with van der Waals surface area (Å²) in [5.74, 6) is 0. The molecule has 0 saturated heterocycles. The van der Waals surface area contributed by atoms with Gasteiger partial charge >= 0.3 is 0 Å². The molecule has 0 fully saturated rings. The molecule has 1 heterocycles. The maximum absolute atomic E-state index is 12.2. The first-order valence-corrected chi connectivity index (χ1v) is 8.21. The normalized spacial score (nSPS) is 11.5. The van der Waals surface area contributed by atoms with Gasteiger partial charge in [-0.3, -0.25) is 4.72 Å². The van der Waals surface area contributed by atoms with E-state index in [1.807, 2.05) is 0 Å². The van der Waals surface area contributed by atoms with Crippen molar-refractivity contribution in [3.8, 4) is 0 Å². The first-order valence-electron chi connectivity index (χ1n) is 5.10. The Balaban J connectivity index is 2.43. The van der Waals surface area contributed by atoms with Gasteiger partial charge in [0.25, 0.3) is 10.0 Å². The van der Waals surface area contributed by atoms with Gasteiger partial charge in [0.1, 0.15) is 4.90 Å². The highest BCUT2D eigenvalue weighted by molar-refractivity contribution is 7.93. The SMILES string of the molecule is O=S(=O)(Nc1c(Cl)cccc1Cl)c1ccsc1CO. The fraction of sp³-hybridized carbons (Fsp3) is 0.0909. The standard InChI is InChI=1S/C11H9Cl2NO3S2/c12-7-2-1-3-8(13)11(7)14-19(16,17)10-4-5-18-9(10)6-15/h1-5,14-15H,6H2. The van der Waals surface area contributed by atoms with Crippen LogP contribution in [0.15, 0.2) is 34.5 Å².